The molecule has 1 fully saturated rings. The van der Waals surface area contributed by atoms with E-state index < -0.39 is 0 Å². The Bertz CT molecular complexity index is 749. The molecule has 124 valence electrons. The van der Waals surface area contributed by atoms with E-state index in [2.05, 4.69) is 19.2 Å². The lowest BCUT2D eigenvalue weighted by atomic mass is 9.78. The maximum atomic E-state index is 12.3. The third-order valence-electron chi connectivity index (χ3n) is 5.19. The van der Waals surface area contributed by atoms with E-state index in [4.69, 9.17) is 16.6 Å². The summed E-state index contributed by atoms with van der Waals surface area (Å²) in [6.45, 7) is 5.08. The smallest absolute Gasteiger partial charge is 0.269 e. The van der Waals surface area contributed by atoms with E-state index in [-0.39, 0.29) is 5.91 Å². The molecular weight excluding hydrogens is 308 g/mol. The van der Waals surface area contributed by atoms with Crippen molar-refractivity contribution >= 4 is 29.2 Å². The van der Waals surface area contributed by atoms with Gasteiger partial charge in [-0.15, -0.1) is 0 Å². The summed E-state index contributed by atoms with van der Waals surface area (Å²) in [5.74, 6) is 1.33. The van der Waals surface area contributed by atoms with Crippen molar-refractivity contribution in [2.75, 3.05) is 0 Å². The normalized spacial score (nSPS) is 24.7. The molecule has 0 spiro atoms. The Morgan fingerprint density at radius 3 is 2.96 bits per heavy atom. The Kier molecular flexibility index (Phi) is 4.85. The van der Waals surface area contributed by atoms with Crippen LogP contribution in [0.4, 0.5) is 0 Å². The van der Waals surface area contributed by atoms with Crippen LogP contribution in [0.1, 0.15) is 39.5 Å². The first-order chi connectivity index (χ1) is 11.1. The lowest BCUT2D eigenvalue weighted by Crippen LogP contribution is -2.43. The zero-order valence-corrected chi connectivity index (χ0v) is 14.6. The van der Waals surface area contributed by atoms with Gasteiger partial charge in [0.2, 0.25) is 5.91 Å². The summed E-state index contributed by atoms with van der Waals surface area (Å²) in [4.78, 5) is 12.7. The summed E-state index contributed by atoms with van der Waals surface area (Å²) in [6.07, 6.45) is 3.98. The molecule has 0 saturated heterocycles. The van der Waals surface area contributed by atoms with Gasteiger partial charge >= 0.3 is 0 Å². The molecule has 1 N–H and O–H groups in total. The zero-order chi connectivity index (χ0) is 16.4. The number of nitrogens with zero attached hydrogens (tertiary/aromatic N) is 1. The maximum Gasteiger partial charge on any atom is 0.269 e. The fourth-order valence-corrected chi connectivity index (χ4v) is 3.78. The number of benzene rings is 1. The van der Waals surface area contributed by atoms with Gasteiger partial charge in [0.25, 0.3) is 4.84 Å². The van der Waals surface area contributed by atoms with Gasteiger partial charge in [0.1, 0.15) is 0 Å². The number of aryl methyl sites for hydroxylation is 1. The molecule has 1 saturated carbocycles. The second-order valence-electron chi connectivity index (χ2n) is 6.68. The molecule has 5 heteroatoms. The van der Waals surface area contributed by atoms with Crippen molar-refractivity contribution < 1.29 is 9.21 Å². The number of fused-ring (bicyclic) bond motifs is 1. The average molecular weight is 332 g/mol. The Balaban J connectivity index is 1.62. The molecule has 23 heavy (non-hydrogen) atoms. The maximum absolute atomic E-state index is 12.3. The highest BCUT2D eigenvalue weighted by molar-refractivity contribution is 7.71. The number of rotatable bonds is 4. The van der Waals surface area contributed by atoms with Gasteiger partial charge in [0.05, 0.1) is 5.52 Å². The first kappa shape index (κ1) is 16.2. The SMILES string of the molecule is C[C@H]1[C@H](C)CCC[C@@H]1NC(=O)CCn1c(=S)oc2ccccc21. The first-order valence-corrected chi connectivity index (χ1v) is 8.85. The summed E-state index contributed by atoms with van der Waals surface area (Å²) in [6, 6.07) is 8.04. The van der Waals surface area contributed by atoms with E-state index in [1.165, 1.54) is 12.8 Å². The van der Waals surface area contributed by atoms with Crippen molar-refractivity contribution in [3.63, 3.8) is 0 Å². The molecule has 1 aromatic heterocycles. The Labute approximate surface area is 141 Å². The highest BCUT2D eigenvalue weighted by atomic mass is 32.1. The van der Waals surface area contributed by atoms with Crippen molar-refractivity contribution in [3.8, 4) is 0 Å². The van der Waals surface area contributed by atoms with Crippen molar-refractivity contribution in [2.45, 2.75) is 52.1 Å². The molecule has 3 atom stereocenters. The zero-order valence-electron chi connectivity index (χ0n) is 13.7. The molecule has 3 rings (SSSR count). The highest BCUT2D eigenvalue weighted by Gasteiger charge is 2.27. The quantitative estimate of drug-likeness (QED) is 0.849. The summed E-state index contributed by atoms with van der Waals surface area (Å²) in [5, 5.41) is 3.21. The predicted molar refractivity (Wildman–Crippen MR) is 93.8 cm³/mol. The number of oxazole rings is 1. The number of hydrogen-bond donors (Lipinski definition) is 1. The van der Waals surface area contributed by atoms with Gasteiger partial charge in [-0.1, -0.05) is 38.8 Å². The van der Waals surface area contributed by atoms with E-state index in [0.29, 0.717) is 35.7 Å². The molecule has 4 nitrogen and oxygen atoms in total. The van der Waals surface area contributed by atoms with Gasteiger partial charge in [-0.2, -0.15) is 0 Å². The molecule has 1 heterocycles. The second kappa shape index (κ2) is 6.87. The van der Waals surface area contributed by atoms with Crippen LogP contribution in [0.2, 0.25) is 0 Å². The summed E-state index contributed by atoms with van der Waals surface area (Å²) < 4.78 is 7.46. The molecule has 0 unspecified atom stereocenters. The molecular formula is C18H24N2O2S. The standard InChI is InChI=1S/C18H24N2O2S/c1-12-6-5-7-14(13(12)2)19-17(21)10-11-20-15-8-3-4-9-16(15)22-18(20)23/h3-4,8-9,12-14H,5-7,10-11H2,1-2H3,(H,19,21)/t12-,13+,14+/m1/s1. The van der Waals surface area contributed by atoms with Gasteiger partial charge in [-0.3, -0.25) is 9.36 Å². The van der Waals surface area contributed by atoms with Gasteiger partial charge in [0, 0.05) is 19.0 Å². The van der Waals surface area contributed by atoms with Crippen molar-refractivity contribution in [2.24, 2.45) is 11.8 Å². The monoisotopic (exact) mass is 332 g/mol. The van der Waals surface area contributed by atoms with Gasteiger partial charge in [0.15, 0.2) is 5.58 Å². The molecule has 1 aliphatic rings. The number of aromatic nitrogens is 1. The minimum absolute atomic E-state index is 0.100. The fraction of sp³-hybridized carbons (Fsp3) is 0.556. The van der Waals surface area contributed by atoms with Crippen LogP contribution in [0.5, 0.6) is 0 Å². The minimum Gasteiger partial charge on any atom is -0.429 e. The van der Waals surface area contributed by atoms with Crippen LogP contribution >= 0.6 is 12.2 Å². The van der Waals surface area contributed by atoms with Crippen molar-refractivity contribution in [1.29, 1.82) is 0 Å². The highest BCUT2D eigenvalue weighted by Crippen LogP contribution is 2.29. The van der Waals surface area contributed by atoms with Gasteiger partial charge < -0.3 is 9.73 Å². The van der Waals surface area contributed by atoms with Crippen LogP contribution in [-0.2, 0) is 11.3 Å². The lowest BCUT2D eigenvalue weighted by Gasteiger charge is -2.34. The predicted octanol–water partition coefficient (Wildman–Crippen LogP) is 4.29. The van der Waals surface area contributed by atoms with Crippen LogP contribution in [0.25, 0.3) is 11.1 Å². The Hall–Kier alpha value is -1.62. The molecule has 1 amide bonds. The van der Waals surface area contributed by atoms with Crippen LogP contribution in [0, 0.1) is 16.7 Å². The number of amides is 1. The van der Waals surface area contributed by atoms with E-state index >= 15 is 0 Å². The van der Waals surface area contributed by atoms with E-state index in [9.17, 15) is 4.79 Å². The van der Waals surface area contributed by atoms with E-state index in [1.54, 1.807) is 0 Å². The molecule has 1 aliphatic carbocycles. The lowest BCUT2D eigenvalue weighted by molar-refractivity contribution is -0.122. The van der Waals surface area contributed by atoms with Crippen molar-refractivity contribution in [1.82, 2.24) is 9.88 Å². The van der Waals surface area contributed by atoms with Crippen molar-refractivity contribution in [3.05, 3.63) is 29.1 Å². The molecule has 0 radical (unpaired) electrons. The van der Waals surface area contributed by atoms with Crippen LogP contribution < -0.4 is 5.32 Å². The summed E-state index contributed by atoms with van der Waals surface area (Å²) in [5.41, 5.74) is 1.72. The summed E-state index contributed by atoms with van der Waals surface area (Å²) >= 11 is 5.27. The Morgan fingerprint density at radius 2 is 2.13 bits per heavy atom. The third-order valence-corrected chi connectivity index (χ3v) is 5.49. The number of para-hydroxylation sites is 2. The fourth-order valence-electron chi connectivity index (χ4n) is 3.50. The second-order valence-corrected chi connectivity index (χ2v) is 7.03. The molecule has 2 aromatic rings. The minimum atomic E-state index is 0.100. The van der Waals surface area contributed by atoms with Crippen LogP contribution in [0.15, 0.2) is 28.7 Å². The van der Waals surface area contributed by atoms with Crippen LogP contribution in [0.3, 0.4) is 0 Å². The average Bonchev–Trinajstić information content (AvgIpc) is 2.85. The summed E-state index contributed by atoms with van der Waals surface area (Å²) in [7, 11) is 0. The molecule has 1 aromatic carbocycles. The number of carbonyl (C=O) groups is 1. The number of hydrogen-bond acceptors (Lipinski definition) is 3. The van der Waals surface area contributed by atoms with E-state index in [1.807, 2.05) is 28.8 Å². The molecule has 0 aliphatic heterocycles. The number of carbonyl (C=O) groups excluding carboxylic acids is 1. The Morgan fingerprint density at radius 1 is 1.35 bits per heavy atom. The topological polar surface area (TPSA) is 47.2 Å². The van der Waals surface area contributed by atoms with Gasteiger partial charge in [-0.05, 0) is 42.6 Å². The third kappa shape index (κ3) is 3.50. The largest absolute Gasteiger partial charge is 0.429 e. The van der Waals surface area contributed by atoms with Crippen LogP contribution in [-0.4, -0.2) is 16.5 Å². The first-order valence-electron chi connectivity index (χ1n) is 8.44. The van der Waals surface area contributed by atoms with E-state index in [0.717, 1.165) is 17.5 Å². The molecule has 0 bridgehead atoms. The number of nitrogens with one attached hydrogen (secondary N) is 1. The van der Waals surface area contributed by atoms with Gasteiger partial charge in [-0.25, -0.2) is 0 Å².